The molecular weight excluding hydrogens is 404 g/mol. The first kappa shape index (κ1) is 19.7. The minimum absolute atomic E-state index is 0.0407. The van der Waals surface area contributed by atoms with Gasteiger partial charge < -0.3 is 19.4 Å². The van der Waals surface area contributed by atoms with Crippen molar-refractivity contribution in [3.63, 3.8) is 0 Å². The highest BCUT2D eigenvalue weighted by Gasteiger charge is 2.28. The van der Waals surface area contributed by atoms with Gasteiger partial charge in [0.05, 0.1) is 13.5 Å². The molecule has 2 aromatic heterocycles. The summed E-state index contributed by atoms with van der Waals surface area (Å²) in [5.41, 5.74) is 1.28. The predicted octanol–water partition coefficient (Wildman–Crippen LogP) is 4.63. The molecule has 152 valence electrons. The molecule has 0 aliphatic rings. The number of phenolic OH excluding ortho intramolecular Hbond substituents is 2. The Kier molecular flexibility index (Phi) is 5.29. The summed E-state index contributed by atoms with van der Waals surface area (Å²) in [4.78, 5) is 25.0. The van der Waals surface area contributed by atoms with Gasteiger partial charge in [0.2, 0.25) is 0 Å². The molecule has 0 unspecified atom stereocenters. The van der Waals surface area contributed by atoms with E-state index in [0.29, 0.717) is 11.3 Å². The Bertz CT molecular complexity index is 1260. The van der Waals surface area contributed by atoms with Gasteiger partial charge in [-0.05, 0) is 22.4 Å². The Morgan fingerprint density at radius 2 is 1.90 bits per heavy atom. The smallest absolute Gasteiger partial charge is 0.306 e. The molecule has 2 aromatic carbocycles. The van der Waals surface area contributed by atoms with Crippen molar-refractivity contribution in [1.82, 2.24) is 0 Å². The number of carbonyl (C=O) groups is 1. The maximum atomic E-state index is 12.9. The van der Waals surface area contributed by atoms with Gasteiger partial charge in [-0.1, -0.05) is 30.3 Å². The highest BCUT2D eigenvalue weighted by atomic mass is 32.1. The third-order valence-corrected chi connectivity index (χ3v) is 5.65. The van der Waals surface area contributed by atoms with E-state index in [4.69, 9.17) is 9.15 Å². The normalized spacial score (nSPS) is 12.0. The summed E-state index contributed by atoms with van der Waals surface area (Å²) in [6, 6.07) is 13.3. The summed E-state index contributed by atoms with van der Waals surface area (Å²) in [5, 5.41) is 24.7. The van der Waals surface area contributed by atoms with Crippen LogP contribution in [0.4, 0.5) is 0 Å². The number of benzene rings is 2. The van der Waals surface area contributed by atoms with Gasteiger partial charge in [0.25, 0.3) is 0 Å². The molecule has 2 heterocycles. The van der Waals surface area contributed by atoms with Gasteiger partial charge in [-0.15, -0.1) is 0 Å². The minimum Gasteiger partial charge on any atom is -0.507 e. The molecule has 6 nitrogen and oxygen atoms in total. The van der Waals surface area contributed by atoms with Crippen LogP contribution in [0.1, 0.15) is 23.5 Å². The maximum absolute atomic E-state index is 12.9. The van der Waals surface area contributed by atoms with Crippen LogP contribution < -0.4 is 5.43 Å². The van der Waals surface area contributed by atoms with Crippen molar-refractivity contribution in [2.75, 3.05) is 7.11 Å². The first-order valence-corrected chi connectivity index (χ1v) is 10.1. The van der Waals surface area contributed by atoms with E-state index in [1.807, 2.05) is 35.0 Å². The van der Waals surface area contributed by atoms with E-state index in [2.05, 4.69) is 0 Å². The molecule has 0 aliphatic carbocycles. The van der Waals surface area contributed by atoms with E-state index in [-0.39, 0.29) is 34.5 Å². The second-order valence-electron chi connectivity index (χ2n) is 6.76. The lowest BCUT2D eigenvalue weighted by Crippen LogP contribution is -2.12. The Labute approximate surface area is 175 Å². The van der Waals surface area contributed by atoms with Crippen molar-refractivity contribution in [2.45, 2.75) is 12.3 Å². The number of fused-ring (bicyclic) bond motifs is 1. The molecule has 0 saturated heterocycles. The average molecular weight is 422 g/mol. The third kappa shape index (κ3) is 3.55. The van der Waals surface area contributed by atoms with Gasteiger partial charge in [0.1, 0.15) is 28.2 Å². The van der Waals surface area contributed by atoms with E-state index in [9.17, 15) is 19.8 Å². The first-order chi connectivity index (χ1) is 14.5. The van der Waals surface area contributed by atoms with E-state index in [1.165, 1.54) is 24.5 Å². The largest absolute Gasteiger partial charge is 0.507 e. The summed E-state index contributed by atoms with van der Waals surface area (Å²) in [5.74, 6) is -1.47. The van der Waals surface area contributed by atoms with Gasteiger partial charge >= 0.3 is 5.97 Å². The Hall–Kier alpha value is -3.58. The summed E-state index contributed by atoms with van der Waals surface area (Å²) in [6.45, 7) is 0. The molecule has 7 heteroatoms. The van der Waals surface area contributed by atoms with Crippen molar-refractivity contribution in [3.05, 3.63) is 80.6 Å². The minimum atomic E-state index is -0.624. The summed E-state index contributed by atoms with van der Waals surface area (Å²) in [7, 11) is 1.29. The lowest BCUT2D eigenvalue weighted by molar-refractivity contribution is -0.140. The quantitative estimate of drug-likeness (QED) is 0.455. The number of phenols is 2. The molecule has 30 heavy (non-hydrogen) atoms. The topological polar surface area (TPSA) is 97.0 Å². The molecule has 0 spiro atoms. The molecule has 4 rings (SSSR count). The molecule has 1 atom stereocenters. The van der Waals surface area contributed by atoms with E-state index >= 15 is 0 Å². The second kappa shape index (κ2) is 8.04. The van der Waals surface area contributed by atoms with E-state index < -0.39 is 17.3 Å². The van der Waals surface area contributed by atoms with Gasteiger partial charge in [0, 0.05) is 29.2 Å². The van der Waals surface area contributed by atoms with Gasteiger partial charge in [0.15, 0.2) is 5.43 Å². The van der Waals surface area contributed by atoms with Gasteiger partial charge in [-0.3, -0.25) is 9.59 Å². The number of hydrogen-bond acceptors (Lipinski definition) is 7. The van der Waals surface area contributed by atoms with Crippen molar-refractivity contribution in [2.24, 2.45) is 0 Å². The summed E-state index contributed by atoms with van der Waals surface area (Å²) < 4.78 is 10.9. The molecular formula is C23H18O6S. The van der Waals surface area contributed by atoms with Crippen molar-refractivity contribution < 1.29 is 24.2 Å². The van der Waals surface area contributed by atoms with Gasteiger partial charge in [-0.2, -0.15) is 11.3 Å². The van der Waals surface area contributed by atoms with Crippen LogP contribution in [0.3, 0.4) is 0 Å². The van der Waals surface area contributed by atoms with Crippen LogP contribution in [0.15, 0.2) is 68.5 Å². The highest BCUT2D eigenvalue weighted by Crippen LogP contribution is 2.43. The predicted molar refractivity (Wildman–Crippen MR) is 114 cm³/mol. The lowest BCUT2D eigenvalue weighted by Gasteiger charge is -2.19. The molecule has 2 N–H and O–H groups in total. The second-order valence-corrected chi connectivity index (χ2v) is 7.54. The monoisotopic (exact) mass is 422 g/mol. The number of thiophene rings is 1. The molecule has 0 fully saturated rings. The van der Waals surface area contributed by atoms with Crippen LogP contribution in [0, 0.1) is 0 Å². The van der Waals surface area contributed by atoms with Crippen LogP contribution in [0.2, 0.25) is 0 Å². The zero-order chi connectivity index (χ0) is 21.3. The highest BCUT2D eigenvalue weighted by molar-refractivity contribution is 7.08. The Morgan fingerprint density at radius 1 is 1.13 bits per heavy atom. The fraction of sp³-hybridized carbons (Fsp3) is 0.130. The van der Waals surface area contributed by atoms with E-state index in [0.717, 1.165) is 11.6 Å². The van der Waals surface area contributed by atoms with Crippen LogP contribution >= 0.6 is 11.3 Å². The van der Waals surface area contributed by atoms with Crippen LogP contribution in [-0.4, -0.2) is 23.3 Å². The Morgan fingerprint density at radius 3 is 2.57 bits per heavy atom. The average Bonchev–Trinajstić information content (AvgIpc) is 3.27. The SMILES string of the molecule is COC(=O)C[C@H](c1ccsc1)c1c(O)cc(O)c2c(=O)cc(-c3ccccc3)oc12. The summed E-state index contributed by atoms with van der Waals surface area (Å²) in [6.07, 6.45) is -0.0695. The number of ether oxygens (including phenoxy) is 1. The number of methoxy groups -OCH3 is 1. The first-order valence-electron chi connectivity index (χ1n) is 9.16. The molecule has 0 amide bonds. The number of esters is 1. The van der Waals surface area contributed by atoms with Crippen LogP contribution in [0.25, 0.3) is 22.3 Å². The number of carbonyl (C=O) groups excluding carboxylic acids is 1. The van der Waals surface area contributed by atoms with Gasteiger partial charge in [-0.25, -0.2) is 0 Å². The lowest BCUT2D eigenvalue weighted by atomic mass is 9.88. The zero-order valence-corrected chi connectivity index (χ0v) is 16.8. The van der Waals surface area contributed by atoms with Crippen LogP contribution in [-0.2, 0) is 9.53 Å². The van der Waals surface area contributed by atoms with Crippen molar-refractivity contribution >= 4 is 28.3 Å². The molecule has 0 bridgehead atoms. The molecule has 4 aromatic rings. The summed E-state index contributed by atoms with van der Waals surface area (Å²) >= 11 is 1.44. The van der Waals surface area contributed by atoms with Crippen molar-refractivity contribution in [3.8, 4) is 22.8 Å². The van der Waals surface area contributed by atoms with Crippen LogP contribution in [0.5, 0.6) is 11.5 Å². The Balaban J connectivity index is 2.03. The standard InChI is InChI=1S/C23H18O6S/c1-28-20(27)9-15(14-7-8-30-12-14)21-16(24)10-17(25)22-18(26)11-19(29-23(21)22)13-5-3-2-4-6-13/h2-8,10-12,15,24-25H,9H2,1H3/t15-/m1/s1. The maximum Gasteiger partial charge on any atom is 0.306 e. The fourth-order valence-electron chi connectivity index (χ4n) is 3.51. The third-order valence-electron chi connectivity index (χ3n) is 4.95. The van der Waals surface area contributed by atoms with Crippen molar-refractivity contribution in [1.29, 1.82) is 0 Å². The zero-order valence-electron chi connectivity index (χ0n) is 16.0. The fourth-order valence-corrected chi connectivity index (χ4v) is 4.23. The van der Waals surface area contributed by atoms with E-state index in [1.54, 1.807) is 12.1 Å². The molecule has 0 radical (unpaired) electrons. The molecule has 0 saturated carbocycles. The number of aromatic hydroxyl groups is 2. The number of rotatable bonds is 5. The number of hydrogen-bond donors (Lipinski definition) is 2. The molecule has 0 aliphatic heterocycles.